The number of fused-ring (bicyclic) bond motifs is 2. The highest BCUT2D eigenvalue weighted by Gasteiger charge is 2.31. The predicted octanol–water partition coefficient (Wildman–Crippen LogP) is 2.93. The number of H-pyrrole nitrogens is 1. The summed E-state index contributed by atoms with van der Waals surface area (Å²) in [6.07, 6.45) is 0.962. The van der Waals surface area contributed by atoms with E-state index < -0.39 is 29.5 Å². The lowest BCUT2D eigenvalue weighted by molar-refractivity contribution is 0.141. The van der Waals surface area contributed by atoms with Crippen LogP contribution in [0.25, 0.3) is 28.1 Å². The van der Waals surface area contributed by atoms with E-state index in [4.69, 9.17) is 4.74 Å². The maximum atomic E-state index is 14.6. The fourth-order valence-electron chi connectivity index (χ4n) is 4.73. The molecule has 0 bridgehead atoms. The van der Waals surface area contributed by atoms with Gasteiger partial charge in [-0.3, -0.25) is 9.13 Å². The van der Waals surface area contributed by atoms with Crippen molar-refractivity contribution >= 4 is 28.0 Å². The lowest BCUT2D eigenvalue weighted by atomic mass is 10.1. The van der Waals surface area contributed by atoms with Crippen LogP contribution in [0.3, 0.4) is 0 Å². The number of hydrogen-bond donors (Lipinski definition) is 2. The Hall–Kier alpha value is -4.32. The third kappa shape index (κ3) is 3.71. The Labute approximate surface area is 208 Å². The molecule has 4 heterocycles. The number of rotatable bonds is 6. The molecule has 0 radical (unpaired) electrons. The van der Waals surface area contributed by atoms with Gasteiger partial charge in [-0.05, 0) is 32.0 Å². The summed E-state index contributed by atoms with van der Waals surface area (Å²) in [5, 5.41) is 9.91. The van der Waals surface area contributed by atoms with Crippen LogP contribution in [0.4, 0.5) is 14.6 Å². The van der Waals surface area contributed by atoms with Crippen LogP contribution >= 0.6 is 0 Å². The molecule has 10 nitrogen and oxygen atoms in total. The number of anilines is 1. The largest absolute Gasteiger partial charge is 0.490 e. The Morgan fingerprint density at radius 1 is 1.22 bits per heavy atom. The summed E-state index contributed by atoms with van der Waals surface area (Å²) >= 11 is 0. The van der Waals surface area contributed by atoms with E-state index in [0.29, 0.717) is 41.0 Å². The Morgan fingerprint density at radius 3 is 2.78 bits per heavy atom. The Bertz CT molecular complexity index is 1700. The van der Waals surface area contributed by atoms with Gasteiger partial charge in [0, 0.05) is 24.7 Å². The van der Waals surface area contributed by atoms with Crippen LogP contribution in [-0.2, 0) is 0 Å². The van der Waals surface area contributed by atoms with E-state index in [1.807, 2.05) is 4.90 Å². The van der Waals surface area contributed by atoms with E-state index in [1.54, 1.807) is 32.0 Å². The van der Waals surface area contributed by atoms with Crippen molar-refractivity contribution in [1.29, 1.82) is 0 Å². The zero-order valence-corrected chi connectivity index (χ0v) is 20.0. The van der Waals surface area contributed by atoms with Crippen molar-refractivity contribution in [1.82, 2.24) is 29.1 Å². The van der Waals surface area contributed by atoms with Gasteiger partial charge in [-0.2, -0.15) is 9.97 Å². The Balaban J connectivity index is 1.59. The number of β-amino-alcohol motifs (C(OH)–C–C–N with tert-alkyl or cyclic N) is 1. The number of para-hydroxylation sites is 1. The van der Waals surface area contributed by atoms with Crippen LogP contribution in [0.5, 0.6) is 5.75 Å². The predicted molar refractivity (Wildman–Crippen MR) is 132 cm³/mol. The molecule has 3 aromatic heterocycles. The van der Waals surface area contributed by atoms with Crippen molar-refractivity contribution in [3.63, 3.8) is 0 Å². The summed E-state index contributed by atoms with van der Waals surface area (Å²) in [5.74, 6) is -0.327. The van der Waals surface area contributed by atoms with Crippen LogP contribution < -0.4 is 15.3 Å². The maximum Gasteiger partial charge on any atom is 0.328 e. The number of aliphatic hydroxyl groups is 1. The second-order valence-electron chi connectivity index (χ2n) is 8.92. The molecule has 0 saturated carbocycles. The minimum atomic E-state index is -0.659. The van der Waals surface area contributed by atoms with E-state index in [0.717, 1.165) is 0 Å². The molecule has 2 N–H and O–H groups in total. The molecule has 1 atom stereocenters. The Kier molecular flexibility index (Phi) is 5.41. The average Bonchev–Trinajstić information content (AvgIpc) is 3.42. The molecule has 1 aliphatic heterocycles. The van der Waals surface area contributed by atoms with Gasteiger partial charge in [-0.25, -0.2) is 18.6 Å². The van der Waals surface area contributed by atoms with Gasteiger partial charge in [0.1, 0.15) is 17.7 Å². The molecule has 1 aliphatic rings. The quantitative estimate of drug-likeness (QED) is 0.363. The molecule has 0 amide bonds. The van der Waals surface area contributed by atoms with Gasteiger partial charge in [0.2, 0.25) is 5.95 Å². The smallest absolute Gasteiger partial charge is 0.328 e. The van der Waals surface area contributed by atoms with Crippen molar-refractivity contribution < 1.29 is 18.6 Å². The van der Waals surface area contributed by atoms with Crippen molar-refractivity contribution in [3.05, 3.63) is 70.4 Å². The van der Waals surface area contributed by atoms with Gasteiger partial charge in [0.25, 0.3) is 0 Å². The van der Waals surface area contributed by atoms with Crippen molar-refractivity contribution in [3.8, 4) is 11.7 Å². The van der Waals surface area contributed by atoms with Crippen molar-refractivity contribution in [2.75, 3.05) is 24.6 Å². The number of halogens is 2. The van der Waals surface area contributed by atoms with Crippen LogP contribution in [-0.4, -0.2) is 60.0 Å². The highest BCUT2D eigenvalue weighted by atomic mass is 19.1. The first-order chi connectivity index (χ1) is 17.9. The average molecular weight is 508 g/mol. The number of imidazole rings is 2. The van der Waals surface area contributed by atoms with E-state index in [9.17, 15) is 18.7 Å². The molecule has 37 heavy (non-hydrogen) atoms. The fourth-order valence-corrected chi connectivity index (χ4v) is 4.73. The SMILES string of the molecule is CCOc1c(F)cccc1[C@@H](C)n1c(=O)[nH]c2c(N3CC(O)C3)nc(-n3cnc4ccc(F)cc43)nc21. The number of aromatic nitrogens is 6. The second-order valence-corrected chi connectivity index (χ2v) is 8.92. The van der Waals surface area contributed by atoms with Gasteiger partial charge in [0.15, 0.2) is 23.0 Å². The number of nitrogens with one attached hydrogen (secondary N) is 1. The monoisotopic (exact) mass is 507 g/mol. The number of aliphatic hydroxyl groups excluding tert-OH is 1. The van der Waals surface area contributed by atoms with Gasteiger partial charge < -0.3 is 19.7 Å². The van der Waals surface area contributed by atoms with Crippen LogP contribution in [0.1, 0.15) is 25.5 Å². The zero-order valence-electron chi connectivity index (χ0n) is 20.0. The summed E-state index contributed by atoms with van der Waals surface area (Å²) in [5.41, 5.74) is 1.65. The third-order valence-electron chi connectivity index (χ3n) is 6.55. The topological polar surface area (TPSA) is 114 Å². The summed E-state index contributed by atoms with van der Waals surface area (Å²) in [6, 6.07) is 8.10. The summed E-state index contributed by atoms with van der Waals surface area (Å²) in [7, 11) is 0. The van der Waals surface area contributed by atoms with E-state index in [2.05, 4.69) is 19.9 Å². The molecule has 12 heteroatoms. The molecule has 2 aromatic carbocycles. The van der Waals surface area contributed by atoms with Gasteiger partial charge in [-0.15, -0.1) is 0 Å². The highest BCUT2D eigenvalue weighted by molar-refractivity contribution is 5.86. The van der Waals surface area contributed by atoms with E-state index in [-0.39, 0.29) is 24.0 Å². The van der Waals surface area contributed by atoms with Gasteiger partial charge in [0.05, 0.1) is 29.8 Å². The molecule has 5 aromatic rings. The molecule has 1 saturated heterocycles. The van der Waals surface area contributed by atoms with Crippen LogP contribution in [0.2, 0.25) is 0 Å². The summed E-state index contributed by atoms with van der Waals surface area (Å²) in [4.78, 5) is 31.6. The summed E-state index contributed by atoms with van der Waals surface area (Å²) < 4.78 is 37.2. The maximum absolute atomic E-state index is 14.6. The number of aromatic amines is 1. The van der Waals surface area contributed by atoms with Crippen LogP contribution in [0.15, 0.2) is 47.5 Å². The minimum absolute atomic E-state index is 0.0650. The molecular weight excluding hydrogens is 484 g/mol. The molecule has 190 valence electrons. The molecule has 0 unspecified atom stereocenters. The normalized spacial score (nSPS) is 14.9. The lowest BCUT2D eigenvalue weighted by Crippen LogP contribution is -2.51. The number of benzene rings is 2. The minimum Gasteiger partial charge on any atom is -0.490 e. The first kappa shape index (κ1) is 23.1. The van der Waals surface area contributed by atoms with Gasteiger partial charge in [-0.1, -0.05) is 12.1 Å². The molecular formula is C25H23F2N7O3. The fraction of sp³-hybridized carbons (Fsp3) is 0.280. The lowest BCUT2D eigenvalue weighted by Gasteiger charge is -2.37. The van der Waals surface area contributed by atoms with Crippen molar-refractivity contribution in [2.45, 2.75) is 26.0 Å². The van der Waals surface area contributed by atoms with Gasteiger partial charge >= 0.3 is 5.69 Å². The Morgan fingerprint density at radius 2 is 2.03 bits per heavy atom. The van der Waals surface area contributed by atoms with Crippen molar-refractivity contribution in [2.24, 2.45) is 0 Å². The number of hydrogen-bond acceptors (Lipinski definition) is 7. The number of ether oxygens (including phenoxy) is 1. The summed E-state index contributed by atoms with van der Waals surface area (Å²) in [6.45, 7) is 4.41. The first-order valence-electron chi connectivity index (χ1n) is 11.8. The standard InChI is InChI=1S/C25H23F2N7O3/c1-3-37-21-16(5-4-6-17(21)27)13(2)34-23-20(29-25(34)36)22(32-10-15(35)11-32)30-24(31-23)33-12-28-18-8-7-14(26)9-19(18)33/h4-9,12-13,15,35H,3,10-11H2,1-2H3,(H,29,36)/t13-/m1/s1. The first-order valence-corrected chi connectivity index (χ1v) is 11.8. The molecule has 0 spiro atoms. The highest BCUT2D eigenvalue weighted by Crippen LogP contribution is 2.33. The third-order valence-corrected chi connectivity index (χ3v) is 6.55. The van der Waals surface area contributed by atoms with E-state index >= 15 is 0 Å². The zero-order chi connectivity index (χ0) is 25.8. The molecule has 1 fully saturated rings. The number of nitrogens with zero attached hydrogens (tertiary/aromatic N) is 6. The second kappa shape index (κ2) is 8.66. The molecule has 6 rings (SSSR count). The van der Waals surface area contributed by atoms with Crippen LogP contribution in [0, 0.1) is 11.6 Å². The van der Waals surface area contributed by atoms with E-state index in [1.165, 1.54) is 33.7 Å². The molecule has 0 aliphatic carbocycles.